The molecule has 0 radical (unpaired) electrons. The van der Waals surface area contributed by atoms with E-state index in [1.165, 1.54) is 23.5 Å². The van der Waals surface area contributed by atoms with Crippen LogP contribution in [0.4, 0.5) is 5.69 Å². The van der Waals surface area contributed by atoms with Crippen LogP contribution < -0.4 is 5.56 Å². The second-order valence-electron chi connectivity index (χ2n) is 5.95. The average molecular weight is 442 g/mol. The van der Waals surface area contributed by atoms with Crippen molar-refractivity contribution in [3.05, 3.63) is 90.2 Å². The maximum atomic E-state index is 12.7. The van der Waals surface area contributed by atoms with Crippen molar-refractivity contribution in [3.63, 3.8) is 0 Å². The minimum absolute atomic E-state index is 0.0352. The summed E-state index contributed by atoms with van der Waals surface area (Å²) >= 11 is 4.84. The van der Waals surface area contributed by atoms with Crippen LogP contribution in [0.1, 0.15) is 11.4 Å². The van der Waals surface area contributed by atoms with Crippen molar-refractivity contribution in [2.45, 2.75) is 6.42 Å². The molecule has 0 aliphatic heterocycles. The van der Waals surface area contributed by atoms with Gasteiger partial charge in [0.05, 0.1) is 10.3 Å². The molecule has 6 nitrogen and oxygen atoms in total. The second kappa shape index (κ2) is 7.05. The van der Waals surface area contributed by atoms with Crippen LogP contribution in [-0.2, 0) is 6.42 Å². The van der Waals surface area contributed by atoms with E-state index in [9.17, 15) is 14.9 Å². The minimum atomic E-state index is -0.439. The first-order chi connectivity index (χ1) is 13.0. The third-order valence-electron chi connectivity index (χ3n) is 4.17. The van der Waals surface area contributed by atoms with E-state index < -0.39 is 4.92 Å². The van der Waals surface area contributed by atoms with E-state index in [-0.39, 0.29) is 11.2 Å². The molecule has 0 bridgehead atoms. The Balaban J connectivity index is 1.69. The van der Waals surface area contributed by atoms with Gasteiger partial charge in [-0.2, -0.15) is 0 Å². The van der Waals surface area contributed by atoms with Crippen LogP contribution in [0.3, 0.4) is 0 Å². The highest BCUT2D eigenvalue weighted by Crippen LogP contribution is 2.31. The fraction of sp³-hybridized carbons (Fsp3) is 0.0526. The molecule has 1 N–H and O–H groups in total. The van der Waals surface area contributed by atoms with Gasteiger partial charge in [-0.05, 0) is 23.3 Å². The van der Waals surface area contributed by atoms with Crippen LogP contribution in [0, 0.1) is 10.1 Å². The summed E-state index contributed by atoms with van der Waals surface area (Å²) in [7, 11) is 0. The number of thiophene rings is 1. The molecule has 8 heteroatoms. The summed E-state index contributed by atoms with van der Waals surface area (Å²) in [6.07, 6.45) is 0.398. The number of nitro benzene ring substituents is 1. The summed E-state index contributed by atoms with van der Waals surface area (Å²) in [6.45, 7) is 0. The third kappa shape index (κ3) is 3.54. The largest absolute Gasteiger partial charge is 0.310 e. The van der Waals surface area contributed by atoms with Gasteiger partial charge in [0.2, 0.25) is 0 Å². The molecule has 0 aliphatic rings. The molecule has 2 heterocycles. The highest BCUT2D eigenvalue weighted by Gasteiger charge is 2.13. The van der Waals surface area contributed by atoms with Crippen molar-refractivity contribution in [3.8, 4) is 11.1 Å². The quantitative estimate of drug-likeness (QED) is 0.359. The first-order valence-electron chi connectivity index (χ1n) is 8.01. The molecule has 2 aromatic heterocycles. The number of benzene rings is 2. The lowest BCUT2D eigenvalue weighted by Crippen LogP contribution is -2.11. The maximum absolute atomic E-state index is 12.7. The SMILES string of the molecule is O=c1[nH]c(Cc2ccc([N+](=O)[O-])cc2)nc2scc(-c3ccc(Br)cc3)c12. The predicted molar refractivity (Wildman–Crippen MR) is 109 cm³/mol. The van der Waals surface area contributed by atoms with E-state index in [1.807, 2.05) is 29.6 Å². The van der Waals surface area contributed by atoms with Gasteiger partial charge in [0.25, 0.3) is 11.2 Å². The topological polar surface area (TPSA) is 88.9 Å². The Morgan fingerprint density at radius 2 is 1.81 bits per heavy atom. The predicted octanol–water partition coefficient (Wildman–Crippen LogP) is 4.91. The van der Waals surface area contributed by atoms with Crippen molar-refractivity contribution in [1.82, 2.24) is 9.97 Å². The van der Waals surface area contributed by atoms with Crippen molar-refractivity contribution >= 4 is 43.2 Å². The molecule has 0 spiro atoms. The molecule has 0 saturated carbocycles. The Morgan fingerprint density at radius 3 is 2.48 bits per heavy atom. The number of hydrogen-bond donors (Lipinski definition) is 1. The molecule has 4 aromatic rings. The zero-order valence-corrected chi connectivity index (χ0v) is 16.2. The van der Waals surface area contributed by atoms with Gasteiger partial charge in [0.15, 0.2) is 0 Å². The Kier molecular flexibility index (Phi) is 4.59. The molecular formula is C19H12BrN3O3S. The number of aromatic amines is 1. The van der Waals surface area contributed by atoms with Gasteiger partial charge in [-0.1, -0.05) is 40.2 Å². The minimum Gasteiger partial charge on any atom is -0.310 e. The van der Waals surface area contributed by atoms with Crippen LogP contribution in [0.15, 0.2) is 63.2 Å². The smallest absolute Gasteiger partial charge is 0.269 e. The van der Waals surface area contributed by atoms with Gasteiger partial charge >= 0.3 is 0 Å². The number of halogens is 1. The summed E-state index contributed by atoms with van der Waals surface area (Å²) < 4.78 is 0.975. The Hall–Kier alpha value is -2.84. The van der Waals surface area contributed by atoms with Gasteiger partial charge < -0.3 is 4.98 Å². The van der Waals surface area contributed by atoms with E-state index >= 15 is 0 Å². The summed E-state index contributed by atoms with van der Waals surface area (Å²) in [6, 6.07) is 14.0. The molecule has 4 rings (SSSR count). The highest BCUT2D eigenvalue weighted by molar-refractivity contribution is 9.10. The van der Waals surface area contributed by atoms with E-state index in [1.54, 1.807) is 12.1 Å². The summed E-state index contributed by atoms with van der Waals surface area (Å²) in [5.74, 6) is 0.533. The van der Waals surface area contributed by atoms with Gasteiger partial charge in [0, 0.05) is 34.0 Å². The molecule has 0 atom stereocenters. The fourth-order valence-corrected chi connectivity index (χ4v) is 4.08. The number of H-pyrrole nitrogens is 1. The van der Waals surface area contributed by atoms with Gasteiger partial charge in [-0.15, -0.1) is 11.3 Å². The highest BCUT2D eigenvalue weighted by atomic mass is 79.9. The maximum Gasteiger partial charge on any atom is 0.269 e. The molecule has 0 saturated heterocycles. The number of non-ortho nitro benzene ring substituents is 1. The van der Waals surface area contributed by atoms with E-state index in [4.69, 9.17) is 0 Å². The Bertz CT molecular complexity index is 1200. The first-order valence-corrected chi connectivity index (χ1v) is 9.68. The van der Waals surface area contributed by atoms with E-state index in [0.29, 0.717) is 22.5 Å². The number of rotatable bonds is 4. The number of nitrogens with one attached hydrogen (secondary N) is 1. The van der Waals surface area contributed by atoms with Crippen LogP contribution >= 0.6 is 27.3 Å². The Morgan fingerprint density at radius 1 is 1.11 bits per heavy atom. The number of nitrogens with zero attached hydrogens (tertiary/aromatic N) is 2. The lowest BCUT2D eigenvalue weighted by atomic mass is 10.1. The fourth-order valence-electron chi connectivity index (χ4n) is 2.85. The monoisotopic (exact) mass is 441 g/mol. The number of fused-ring (bicyclic) bond motifs is 1. The lowest BCUT2D eigenvalue weighted by molar-refractivity contribution is -0.384. The molecule has 134 valence electrons. The molecule has 0 fully saturated rings. The third-order valence-corrected chi connectivity index (χ3v) is 5.57. The van der Waals surface area contributed by atoms with E-state index in [2.05, 4.69) is 25.9 Å². The summed E-state index contributed by atoms with van der Waals surface area (Å²) in [5.41, 5.74) is 2.51. The van der Waals surface area contributed by atoms with Crippen molar-refractivity contribution in [2.24, 2.45) is 0 Å². The zero-order valence-electron chi connectivity index (χ0n) is 13.8. The van der Waals surface area contributed by atoms with Crippen molar-refractivity contribution < 1.29 is 4.92 Å². The van der Waals surface area contributed by atoms with Gasteiger partial charge in [-0.3, -0.25) is 14.9 Å². The van der Waals surface area contributed by atoms with Crippen LogP contribution in [0.25, 0.3) is 21.3 Å². The normalized spacial score (nSPS) is 11.0. The van der Waals surface area contributed by atoms with E-state index in [0.717, 1.165) is 21.2 Å². The van der Waals surface area contributed by atoms with Crippen molar-refractivity contribution in [1.29, 1.82) is 0 Å². The van der Waals surface area contributed by atoms with Crippen LogP contribution in [0.5, 0.6) is 0 Å². The first kappa shape index (κ1) is 17.6. The Labute approximate surface area is 165 Å². The second-order valence-corrected chi connectivity index (χ2v) is 7.72. The number of nitro groups is 1. The van der Waals surface area contributed by atoms with Crippen LogP contribution in [0.2, 0.25) is 0 Å². The number of aromatic nitrogens is 2. The average Bonchev–Trinajstić information content (AvgIpc) is 3.07. The molecule has 0 amide bonds. The molecule has 0 unspecified atom stereocenters. The van der Waals surface area contributed by atoms with Crippen molar-refractivity contribution in [2.75, 3.05) is 0 Å². The molecule has 2 aromatic carbocycles. The summed E-state index contributed by atoms with van der Waals surface area (Å²) in [4.78, 5) is 31.1. The standard InChI is InChI=1S/C19H12BrN3O3S/c20-13-5-3-12(4-6-13)15-10-27-19-17(15)18(24)21-16(22-19)9-11-1-7-14(8-2-11)23(25)26/h1-8,10H,9H2,(H,21,22,24). The zero-order chi connectivity index (χ0) is 19.0. The van der Waals surface area contributed by atoms with Gasteiger partial charge in [0.1, 0.15) is 10.7 Å². The molecule has 27 heavy (non-hydrogen) atoms. The van der Waals surface area contributed by atoms with Crippen LogP contribution in [-0.4, -0.2) is 14.9 Å². The number of hydrogen-bond acceptors (Lipinski definition) is 5. The summed E-state index contributed by atoms with van der Waals surface area (Å²) in [5, 5.41) is 13.3. The molecular weight excluding hydrogens is 430 g/mol. The molecule has 0 aliphatic carbocycles. The van der Waals surface area contributed by atoms with Gasteiger partial charge in [-0.25, -0.2) is 4.98 Å². The lowest BCUT2D eigenvalue weighted by Gasteiger charge is -2.03.